The lowest BCUT2D eigenvalue weighted by atomic mass is 10.0. The summed E-state index contributed by atoms with van der Waals surface area (Å²) in [6.45, 7) is 3.38. The largest absolute Gasteiger partial charge is 0.417 e. The number of hydrogen-bond acceptors (Lipinski definition) is 4. The van der Waals surface area contributed by atoms with E-state index < -0.39 is 17.6 Å². The van der Waals surface area contributed by atoms with Gasteiger partial charge < -0.3 is 10.2 Å². The van der Waals surface area contributed by atoms with Gasteiger partial charge in [0.15, 0.2) is 0 Å². The lowest BCUT2D eigenvalue weighted by Gasteiger charge is -2.38. The molecule has 4 nitrogen and oxygen atoms in total. The number of amides is 1. The third-order valence-electron chi connectivity index (χ3n) is 3.67. The zero-order chi connectivity index (χ0) is 16.1. The van der Waals surface area contributed by atoms with Gasteiger partial charge in [-0.15, -0.1) is 11.3 Å². The SMILES string of the molecule is CNC(=O)c1csc2c(C(F)(F)F)cc(N3CC(C)C3)nc12. The summed E-state index contributed by atoms with van der Waals surface area (Å²) in [7, 11) is 1.44. The Kier molecular flexibility index (Phi) is 3.51. The number of thiophene rings is 1. The molecule has 1 saturated heterocycles. The van der Waals surface area contributed by atoms with Crippen molar-refractivity contribution in [2.45, 2.75) is 13.1 Å². The van der Waals surface area contributed by atoms with Gasteiger partial charge in [-0.25, -0.2) is 4.98 Å². The first-order chi connectivity index (χ1) is 10.3. The van der Waals surface area contributed by atoms with E-state index in [4.69, 9.17) is 0 Å². The van der Waals surface area contributed by atoms with Crippen molar-refractivity contribution < 1.29 is 18.0 Å². The number of aromatic nitrogens is 1. The first-order valence-corrected chi connectivity index (χ1v) is 7.65. The Bertz CT molecular complexity index is 735. The summed E-state index contributed by atoms with van der Waals surface area (Å²) in [6, 6.07) is 1.08. The summed E-state index contributed by atoms with van der Waals surface area (Å²) in [5, 5.41) is 3.86. The number of halogens is 3. The fraction of sp³-hybridized carbons (Fsp3) is 0.429. The fourth-order valence-electron chi connectivity index (χ4n) is 2.55. The molecule has 1 fully saturated rings. The van der Waals surface area contributed by atoms with E-state index in [1.54, 1.807) is 4.90 Å². The van der Waals surface area contributed by atoms with Crippen molar-refractivity contribution in [2.75, 3.05) is 25.0 Å². The van der Waals surface area contributed by atoms with Gasteiger partial charge >= 0.3 is 6.18 Å². The van der Waals surface area contributed by atoms with Crippen molar-refractivity contribution >= 4 is 33.3 Å². The van der Waals surface area contributed by atoms with Crippen LogP contribution in [-0.4, -0.2) is 31.0 Å². The van der Waals surface area contributed by atoms with Crippen LogP contribution in [0, 0.1) is 5.92 Å². The summed E-state index contributed by atoms with van der Waals surface area (Å²) in [6.07, 6.45) is -4.47. The predicted molar refractivity (Wildman–Crippen MR) is 79.4 cm³/mol. The van der Waals surface area contributed by atoms with Gasteiger partial charge in [-0.1, -0.05) is 6.92 Å². The summed E-state index contributed by atoms with van der Waals surface area (Å²) in [5.74, 6) is 0.287. The van der Waals surface area contributed by atoms with Crippen LogP contribution in [0.25, 0.3) is 10.2 Å². The average molecular weight is 329 g/mol. The summed E-state index contributed by atoms with van der Waals surface area (Å²) in [5.41, 5.74) is -0.427. The molecular formula is C14H14F3N3OS. The van der Waals surface area contributed by atoms with Crippen molar-refractivity contribution in [3.05, 3.63) is 22.6 Å². The molecule has 0 unspecified atom stereocenters. The van der Waals surface area contributed by atoms with Gasteiger partial charge in [-0.05, 0) is 12.0 Å². The van der Waals surface area contributed by atoms with Crippen LogP contribution < -0.4 is 10.2 Å². The number of alkyl halides is 3. The van der Waals surface area contributed by atoms with E-state index in [1.165, 1.54) is 12.4 Å². The highest BCUT2D eigenvalue weighted by atomic mass is 32.1. The van der Waals surface area contributed by atoms with Crippen LogP contribution in [-0.2, 0) is 6.18 Å². The molecule has 0 aliphatic carbocycles. The van der Waals surface area contributed by atoms with Gasteiger partial charge in [0.25, 0.3) is 5.91 Å². The molecule has 3 heterocycles. The normalized spacial score (nSPS) is 16.0. The molecule has 0 bridgehead atoms. The van der Waals surface area contributed by atoms with Gasteiger partial charge in [0, 0.05) is 25.5 Å². The smallest absolute Gasteiger partial charge is 0.356 e. The van der Waals surface area contributed by atoms with Crippen molar-refractivity contribution in [3.8, 4) is 0 Å². The zero-order valence-corrected chi connectivity index (χ0v) is 12.8. The summed E-state index contributed by atoms with van der Waals surface area (Å²) >= 11 is 0.896. The van der Waals surface area contributed by atoms with E-state index in [0.717, 1.165) is 17.4 Å². The molecule has 1 aliphatic rings. The van der Waals surface area contributed by atoms with Gasteiger partial charge in [-0.3, -0.25) is 4.79 Å². The first kappa shape index (κ1) is 15.1. The van der Waals surface area contributed by atoms with Crippen LogP contribution in [0.15, 0.2) is 11.4 Å². The number of fused-ring (bicyclic) bond motifs is 1. The molecule has 0 spiro atoms. The molecule has 3 rings (SSSR count). The number of anilines is 1. The van der Waals surface area contributed by atoms with Crippen LogP contribution in [0.3, 0.4) is 0 Å². The minimum absolute atomic E-state index is 0.00317. The maximum Gasteiger partial charge on any atom is 0.417 e. The molecule has 0 atom stereocenters. The Morgan fingerprint density at radius 3 is 2.68 bits per heavy atom. The molecule has 1 N–H and O–H groups in total. The average Bonchev–Trinajstić information content (AvgIpc) is 2.84. The molecule has 2 aromatic rings. The molecule has 1 aliphatic heterocycles. The van der Waals surface area contributed by atoms with E-state index in [9.17, 15) is 18.0 Å². The van der Waals surface area contributed by atoms with E-state index in [-0.39, 0.29) is 21.6 Å². The predicted octanol–water partition coefficient (Wildman–Crippen LogP) is 3.13. The summed E-state index contributed by atoms with van der Waals surface area (Å²) < 4.78 is 39.9. The van der Waals surface area contributed by atoms with Crippen LogP contribution in [0.5, 0.6) is 0 Å². The maximum atomic E-state index is 13.3. The van der Waals surface area contributed by atoms with Gasteiger partial charge in [0.2, 0.25) is 0 Å². The van der Waals surface area contributed by atoms with E-state index >= 15 is 0 Å². The van der Waals surface area contributed by atoms with E-state index in [1.807, 2.05) is 6.92 Å². The number of nitrogens with one attached hydrogen (secondary N) is 1. The molecule has 2 aromatic heterocycles. The second kappa shape index (κ2) is 5.12. The Balaban J connectivity index is 2.19. The molecule has 0 radical (unpaired) electrons. The topological polar surface area (TPSA) is 45.2 Å². The van der Waals surface area contributed by atoms with E-state index in [0.29, 0.717) is 19.0 Å². The lowest BCUT2D eigenvalue weighted by Crippen LogP contribution is -2.45. The minimum Gasteiger partial charge on any atom is -0.356 e. The van der Waals surface area contributed by atoms with Crippen LogP contribution >= 0.6 is 11.3 Å². The second-order valence-corrected chi connectivity index (χ2v) is 6.32. The van der Waals surface area contributed by atoms with E-state index in [2.05, 4.69) is 10.3 Å². The number of pyridine rings is 1. The van der Waals surface area contributed by atoms with Crippen LogP contribution in [0.4, 0.5) is 19.0 Å². The maximum absolute atomic E-state index is 13.3. The Hall–Kier alpha value is -1.83. The molecule has 8 heteroatoms. The highest BCUT2D eigenvalue weighted by molar-refractivity contribution is 7.17. The van der Waals surface area contributed by atoms with Crippen molar-refractivity contribution in [1.82, 2.24) is 10.3 Å². The van der Waals surface area contributed by atoms with Crippen LogP contribution in [0.2, 0.25) is 0 Å². The quantitative estimate of drug-likeness (QED) is 0.921. The van der Waals surface area contributed by atoms with Crippen molar-refractivity contribution in [2.24, 2.45) is 5.92 Å². The van der Waals surface area contributed by atoms with Gasteiger partial charge in [-0.2, -0.15) is 13.2 Å². The Labute approximate surface area is 128 Å². The summed E-state index contributed by atoms with van der Waals surface area (Å²) in [4.78, 5) is 17.9. The Morgan fingerprint density at radius 1 is 1.45 bits per heavy atom. The molecule has 0 aromatic carbocycles. The van der Waals surface area contributed by atoms with Gasteiger partial charge in [0.1, 0.15) is 5.82 Å². The highest BCUT2D eigenvalue weighted by Crippen LogP contribution is 2.40. The number of hydrogen-bond donors (Lipinski definition) is 1. The van der Waals surface area contributed by atoms with Crippen LogP contribution in [0.1, 0.15) is 22.8 Å². The monoisotopic (exact) mass is 329 g/mol. The third kappa shape index (κ3) is 2.41. The Morgan fingerprint density at radius 2 is 2.14 bits per heavy atom. The molecular weight excluding hydrogens is 315 g/mol. The molecule has 0 saturated carbocycles. The number of carbonyl (C=O) groups excluding carboxylic acids is 1. The van der Waals surface area contributed by atoms with Gasteiger partial charge in [0.05, 0.1) is 21.3 Å². The van der Waals surface area contributed by atoms with Crippen molar-refractivity contribution in [1.29, 1.82) is 0 Å². The number of nitrogens with zero attached hydrogens (tertiary/aromatic N) is 2. The molecule has 1 amide bonds. The first-order valence-electron chi connectivity index (χ1n) is 6.77. The second-order valence-electron chi connectivity index (χ2n) is 5.44. The standard InChI is InChI=1S/C14H14F3N3OS/c1-7-4-20(5-7)10-3-9(14(15,16)17)12-11(19-10)8(6-22-12)13(21)18-2/h3,6-7H,4-5H2,1-2H3,(H,18,21). The number of carbonyl (C=O) groups is 1. The minimum atomic E-state index is -4.47. The number of rotatable bonds is 2. The fourth-order valence-corrected chi connectivity index (χ4v) is 3.57. The third-order valence-corrected chi connectivity index (χ3v) is 4.68. The molecule has 118 valence electrons. The molecule has 22 heavy (non-hydrogen) atoms. The zero-order valence-electron chi connectivity index (χ0n) is 12.0. The highest BCUT2D eigenvalue weighted by Gasteiger charge is 2.36. The van der Waals surface area contributed by atoms with Crippen molar-refractivity contribution in [3.63, 3.8) is 0 Å². The lowest BCUT2D eigenvalue weighted by molar-refractivity contribution is -0.136.